The average molecular weight is 228 g/mol. The van der Waals surface area contributed by atoms with E-state index < -0.39 is 11.5 Å². The summed E-state index contributed by atoms with van der Waals surface area (Å²) in [4.78, 5) is 13.4. The van der Waals surface area contributed by atoms with Gasteiger partial charge in [0.2, 0.25) is 0 Å². The van der Waals surface area contributed by atoms with E-state index in [9.17, 15) is 9.90 Å². The Morgan fingerprint density at radius 2 is 2.19 bits per heavy atom. The predicted octanol–water partition coefficient (Wildman–Crippen LogP) is 1.17. The zero-order chi connectivity index (χ0) is 12.3. The fraction of sp³-hybridized carbons (Fsp3) is 0.917. The quantitative estimate of drug-likeness (QED) is 0.687. The number of carbonyl (C=O) groups is 1. The number of carboxylic acid groups (broad SMARTS) is 1. The molecule has 1 fully saturated rings. The fourth-order valence-corrected chi connectivity index (χ4v) is 1.93. The van der Waals surface area contributed by atoms with Crippen molar-refractivity contribution in [3.63, 3.8) is 0 Å². The van der Waals surface area contributed by atoms with Gasteiger partial charge in [-0.2, -0.15) is 0 Å². The van der Waals surface area contributed by atoms with Crippen molar-refractivity contribution in [1.82, 2.24) is 10.2 Å². The van der Waals surface area contributed by atoms with Gasteiger partial charge in [-0.1, -0.05) is 0 Å². The molecule has 0 aliphatic heterocycles. The summed E-state index contributed by atoms with van der Waals surface area (Å²) in [6.45, 7) is 4.94. The maximum Gasteiger partial charge on any atom is 0.323 e. The van der Waals surface area contributed by atoms with Crippen LogP contribution in [0, 0.1) is 5.92 Å². The zero-order valence-electron chi connectivity index (χ0n) is 10.8. The van der Waals surface area contributed by atoms with Gasteiger partial charge in [-0.25, -0.2) is 0 Å². The van der Waals surface area contributed by atoms with Crippen LogP contribution in [0.2, 0.25) is 0 Å². The smallest absolute Gasteiger partial charge is 0.323 e. The first-order valence-electron chi connectivity index (χ1n) is 6.01. The fourth-order valence-electron chi connectivity index (χ4n) is 1.93. The molecular weight excluding hydrogens is 204 g/mol. The Morgan fingerprint density at radius 1 is 1.62 bits per heavy atom. The number of hydrogen-bond acceptors (Lipinski definition) is 3. The third-order valence-electron chi connectivity index (χ3n) is 3.72. The van der Waals surface area contributed by atoms with Crippen LogP contribution in [-0.2, 0) is 4.79 Å². The molecule has 1 saturated carbocycles. The lowest BCUT2D eigenvalue weighted by Gasteiger charge is -2.32. The van der Waals surface area contributed by atoms with Gasteiger partial charge < -0.3 is 15.3 Å². The molecule has 0 spiro atoms. The summed E-state index contributed by atoms with van der Waals surface area (Å²) in [5, 5.41) is 12.1. The number of aliphatic carboxylic acids is 1. The Bertz CT molecular complexity index is 253. The molecule has 0 aromatic carbocycles. The summed E-state index contributed by atoms with van der Waals surface area (Å²) in [5.41, 5.74) is -0.822. The summed E-state index contributed by atoms with van der Waals surface area (Å²) in [7, 11) is 3.79. The normalized spacial score (nSPS) is 21.8. The topological polar surface area (TPSA) is 52.6 Å². The molecule has 0 amide bonds. The number of carboxylic acids is 1. The third-order valence-corrected chi connectivity index (χ3v) is 3.72. The molecule has 1 aliphatic carbocycles. The molecule has 0 heterocycles. The van der Waals surface area contributed by atoms with E-state index in [1.807, 2.05) is 0 Å². The Balaban J connectivity index is 2.46. The minimum atomic E-state index is -0.822. The molecule has 16 heavy (non-hydrogen) atoms. The molecule has 2 unspecified atom stereocenters. The van der Waals surface area contributed by atoms with Gasteiger partial charge in [0.05, 0.1) is 0 Å². The molecule has 0 radical (unpaired) electrons. The predicted molar refractivity (Wildman–Crippen MR) is 64.5 cm³/mol. The van der Waals surface area contributed by atoms with Crippen molar-refractivity contribution in [3.05, 3.63) is 0 Å². The van der Waals surface area contributed by atoms with E-state index in [1.54, 1.807) is 14.0 Å². The second kappa shape index (κ2) is 5.15. The first kappa shape index (κ1) is 13.5. The highest BCUT2D eigenvalue weighted by molar-refractivity contribution is 5.78. The van der Waals surface area contributed by atoms with E-state index in [0.717, 1.165) is 12.5 Å². The van der Waals surface area contributed by atoms with Crippen molar-refractivity contribution in [3.8, 4) is 0 Å². The molecule has 94 valence electrons. The van der Waals surface area contributed by atoms with Gasteiger partial charge in [-0.15, -0.1) is 0 Å². The van der Waals surface area contributed by atoms with Gasteiger partial charge in [0.15, 0.2) is 0 Å². The molecule has 0 aromatic heterocycles. The van der Waals surface area contributed by atoms with E-state index in [4.69, 9.17) is 0 Å². The number of rotatable bonds is 7. The van der Waals surface area contributed by atoms with Gasteiger partial charge in [0, 0.05) is 12.6 Å². The summed E-state index contributed by atoms with van der Waals surface area (Å²) in [5.74, 6) is 0.0693. The van der Waals surface area contributed by atoms with Crippen LogP contribution in [-0.4, -0.2) is 48.2 Å². The monoisotopic (exact) mass is 228 g/mol. The summed E-state index contributed by atoms with van der Waals surface area (Å²) in [6, 6.07) is 0.286. The highest BCUT2D eigenvalue weighted by atomic mass is 16.4. The zero-order valence-corrected chi connectivity index (χ0v) is 10.8. The first-order valence-corrected chi connectivity index (χ1v) is 6.01. The Hall–Kier alpha value is -0.610. The number of nitrogens with one attached hydrogen (secondary N) is 1. The number of hydrogen-bond donors (Lipinski definition) is 2. The molecule has 0 bridgehead atoms. The minimum absolute atomic E-state index is 0.286. The van der Waals surface area contributed by atoms with Crippen molar-refractivity contribution in [2.24, 2.45) is 5.92 Å². The highest BCUT2D eigenvalue weighted by Gasteiger charge is 2.34. The summed E-state index contributed by atoms with van der Waals surface area (Å²) >= 11 is 0. The Kier molecular flexibility index (Phi) is 4.33. The second-order valence-electron chi connectivity index (χ2n) is 5.32. The molecule has 0 saturated heterocycles. The van der Waals surface area contributed by atoms with Crippen LogP contribution < -0.4 is 5.32 Å². The van der Waals surface area contributed by atoms with Crippen LogP contribution in [0.4, 0.5) is 0 Å². The van der Waals surface area contributed by atoms with Crippen LogP contribution in [0.3, 0.4) is 0 Å². The molecule has 1 aliphatic rings. The standard InChI is InChI=1S/C12H24N2O2/c1-9(14(4)8-10-5-6-10)7-12(2,13-3)11(15)16/h9-10,13H,5-8H2,1-4H3,(H,15,16). The number of nitrogens with zero attached hydrogens (tertiary/aromatic N) is 1. The van der Waals surface area contributed by atoms with Crippen LogP contribution in [0.5, 0.6) is 0 Å². The summed E-state index contributed by atoms with van der Waals surface area (Å²) < 4.78 is 0. The van der Waals surface area contributed by atoms with E-state index in [0.29, 0.717) is 6.42 Å². The van der Waals surface area contributed by atoms with Crippen molar-refractivity contribution in [2.45, 2.75) is 44.7 Å². The maximum atomic E-state index is 11.2. The molecule has 4 heteroatoms. The van der Waals surface area contributed by atoms with Gasteiger partial charge in [-0.05, 0) is 53.1 Å². The molecule has 2 atom stereocenters. The van der Waals surface area contributed by atoms with Crippen LogP contribution >= 0.6 is 0 Å². The Labute approximate surface area is 98.0 Å². The lowest BCUT2D eigenvalue weighted by Crippen LogP contribution is -2.51. The lowest BCUT2D eigenvalue weighted by atomic mass is 9.93. The first-order chi connectivity index (χ1) is 7.39. The maximum absolute atomic E-state index is 11.2. The molecule has 2 N–H and O–H groups in total. The van der Waals surface area contributed by atoms with Crippen LogP contribution in [0.25, 0.3) is 0 Å². The van der Waals surface area contributed by atoms with E-state index in [-0.39, 0.29) is 6.04 Å². The SMILES string of the molecule is CNC(C)(CC(C)N(C)CC1CC1)C(=O)O. The molecular formula is C12H24N2O2. The molecule has 1 rings (SSSR count). The van der Waals surface area contributed by atoms with Gasteiger partial charge >= 0.3 is 5.97 Å². The van der Waals surface area contributed by atoms with Crippen molar-refractivity contribution in [2.75, 3.05) is 20.6 Å². The van der Waals surface area contributed by atoms with Crippen LogP contribution in [0.15, 0.2) is 0 Å². The Morgan fingerprint density at radius 3 is 2.56 bits per heavy atom. The highest BCUT2D eigenvalue weighted by Crippen LogP contribution is 2.30. The average Bonchev–Trinajstić information content (AvgIpc) is 3.00. The molecule has 4 nitrogen and oxygen atoms in total. The summed E-state index contributed by atoms with van der Waals surface area (Å²) in [6.07, 6.45) is 3.29. The minimum Gasteiger partial charge on any atom is -0.480 e. The lowest BCUT2D eigenvalue weighted by molar-refractivity contribution is -0.144. The molecule has 0 aromatic rings. The van der Waals surface area contributed by atoms with Crippen LogP contribution in [0.1, 0.15) is 33.1 Å². The van der Waals surface area contributed by atoms with Crippen molar-refractivity contribution < 1.29 is 9.90 Å². The third kappa shape index (κ3) is 3.46. The second-order valence-corrected chi connectivity index (χ2v) is 5.32. The van der Waals surface area contributed by atoms with E-state index >= 15 is 0 Å². The van der Waals surface area contributed by atoms with Crippen molar-refractivity contribution in [1.29, 1.82) is 0 Å². The van der Waals surface area contributed by atoms with Gasteiger partial charge in [0.25, 0.3) is 0 Å². The largest absolute Gasteiger partial charge is 0.480 e. The van der Waals surface area contributed by atoms with Crippen molar-refractivity contribution >= 4 is 5.97 Å². The number of likely N-dealkylation sites (N-methyl/N-ethyl adjacent to an activating group) is 1. The van der Waals surface area contributed by atoms with E-state index in [1.165, 1.54) is 12.8 Å². The van der Waals surface area contributed by atoms with E-state index in [2.05, 4.69) is 24.2 Å². The van der Waals surface area contributed by atoms with Gasteiger partial charge in [-0.3, -0.25) is 4.79 Å². The van der Waals surface area contributed by atoms with Gasteiger partial charge in [0.1, 0.15) is 5.54 Å².